The third-order valence-electron chi connectivity index (χ3n) is 7.70. The number of para-hydroxylation sites is 1. The minimum Gasteiger partial charge on any atom is -0.507 e. The van der Waals surface area contributed by atoms with Crippen LogP contribution in [0.5, 0.6) is 5.75 Å². The van der Waals surface area contributed by atoms with Crippen LogP contribution in [-0.4, -0.2) is 15.1 Å². The van der Waals surface area contributed by atoms with Gasteiger partial charge in [0.1, 0.15) is 11.3 Å². The molecule has 2 heterocycles. The van der Waals surface area contributed by atoms with E-state index in [1.807, 2.05) is 91.1 Å². The summed E-state index contributed by atoms with van der Waals surface area (Å²) < 4.78 is 6.18. The second-order valence-electron chi connectivity index (χ2n) is 10.4. The van der Waals surface area contributed by atoms with Crippen LogP contribution in [0.25, 0.3) is 56.1 Å². The molecule has 0 bridgehead atoms. The molecule has 0 aliphatic heterocycles. The minimum absolute atomic E-state index is 0. The zero-order chi connectivity index (χ0) is 28.5. The van der Waals surface area contributed by atoms with Crippen LogP contribution in [0.1, 0.15) is 24.0 Å². The molecule has 1 unspecified atom stereocenters. The van der Waals surface area contributed by atoms with Crippen LogP contribution in [-0.2, 0) is 21.1 Å². The summed E-state index contributed by atoms with van der Waals surface area (Å²) in [4.78, 5) is 9.64. The molecule has 7 rings (SSSR count). The van der Waals surface area contributed by atoms with Crippen molar-refractivity contribution in [3.63, 3.8) is 0 Å². The van der Waals surface area contributed by atoms with E-state index in [1.54, 1.807) is 6.07 Å². The molecule has 1 N–H and O–H groups in total. The van der Waals surface area contributed by atoms with E-state index in [9.17, 15) is 5.11 Å². The molecule has 2 aromatic heterocycles. The van der Waals surface area contributed by atoms with Gasteiger partial charge in [-0.3, -0.25) is 4.98 Å². The van der Waals surface area contributed by atoms with Crippen molar-refractivity contribution in [2.24, 2.45) is 0 Å². The summed E-state index contributed by atoms with van der Waals surface area (Å²) in [5.74, 6) is 0.746. The van der Waals surface area contributed by atoms with Gasteiger partial charge in [0.05, 0.1) is 11.1 Å². The predicted octanol–water partition coefficient (Wildman–Crippen LogP) is 9.55. The van der Waals surface area contributed by atoms with Gasteiger partial charge in [0.15, 0.2) is 0 Å². The molecule has 4 nitrogen and oxygen atoms in total. The molecule has 0 fully saturated rings. The van der Waals surface area contributed by atoms with E-state index in [-0.39, 0.29) is 32.7 Å². The molecule has 0 aliphatic rings. The van der Waals surface area contributed by atoms with Crippen LogP contribution in [0.15, 0.2) is 138 Å². The van der Waals surface area contributed by atoms with E-state index < -0.39 is 0 Å². The summed E-state index contributed by atoms with van der Waals surface area (Å²) in [5, 5.41) is 10.7. The average Bonchev–Trinajstić information content (AvgIpc) is 3.50. The molecule has 0 saturated carbocycles. The molecular weight excluding hydrogens is 712 g/mol. The smallest absolute Gasteiger partial charge is 0.230 e. The van der Waals surface area contributed by atoms with Crippen molar-refractivity contribution in [1.82, 2.24) is 9.97 Å². The Morgan fingerprint density at radius 1 is 0.674 bits per heavy atom. The molecule has 1 atom stereocenters. The number of benzene rings is 5. The first-order chi connectivity index (χ1) is 20.6. The fourth-order valence-corrected chi connectivity index (χ4v) is 5.33. The van der Waals surface area contributed by atoms with Crippen molar-refractivity contribution in [3.8, 4) is 50.7 Å². The largest absolute Gasteiger partial charge is 0.507 e. The number of aromatic nitrogens is 2. The molecule has 43 heavy (non-hydrogen) atoms. The number of fused-ring (bicyclic) bond motifs is 1. The van der Waals surface area contributed by atoms with Crippen molar-refractivity contribution in [2.45, 2.75) is 12.8 Å². The normalized spacial score (nSPS) is 11.7. The number of oxazole rings is 1. The van der Waals surface area contributed by atoms with Crippen LogP contribution < -0.4 is 0 Å². The summed E-state index contributed by atoms with van der Waals surface area (Å²) >= 11 is 0. The zero-order valence-electron chi connectivity index (χ0n) is 23.3. The first-order valence-electron chi connectivity index (χ1n) is 14.0. The number of phenols is 1. The van der Waals surface area contributed by atoms with Gasteiger partial charge >= 0.3 is 0 Å². The van der Waals surface area contributed by atoms with Gasteiger partial charge in [-0.15, -0.1) is 29.8 Å². The van der Waals surface area contributed by atoms with Crippen LogP contribution in [0.2, 0.25) is 0 Å². The quantitative estimate of drug-likeness (QED) is 0.173. The van der Waals surface area contributed by atoms with E-state index in [4.69, 9.17) is 14.4 Å². The number of rotatable bonds is 6. The number of nitrogens with zero attached hydrogens (tertiary/aromatic N) is 2. The van der Waals surface area contributed by atoms with Crippen molar-refractivity contribution < 1.29 is 30.6 Å². The molecule has 0 amide bonds. The molecule has 0 radical (unpaired) electrons. The summed E-state index contributed by atoms with van der Waals surface area (Å²) in [6.45, 7) is 2.20. The SMILES string of the molecule is CC(c1ccccc1)c1ccc(-c2[c-]c(-c3cccc4oc(-c5cc(-c6ccccc6)ccc5O)nc34)ccc2)nc1.[Pt]. The number of aromatic hydroxyl groups is 1. The Morgan fingerprint density at radius 2 is 1.42 bits per heavy atom. The predicted molar refractivity (Wildman–Crippen MR) is 168 cm³/mol. The van der Waals surface area contributed by atoms with Crippen LogP contribution in [0.4, 0.5) is 0 Å². The van der Waals surface area contributed by atoms with Gasteiger partial charge in [0.2, 0.25) is 5.89 Å². The van der Waals surface area contributed by atoms with E-state index in [1.165, 1.54) is 11.1 Å². The van der Waals surface area contributed by atoms with Gasteiger partial charge in [0, 0.05) is 38.9 Å². The summed E-state index contributed by atoms with van der Waals surface area (Å²) in [7, 11) is 0. The maximum absolute atomic E-state index is 10.7. The number of hydrogen-bond acceptors (Lipinski definition) is 4. The molecular formula is C38H27N2O2Pt-. The summed E-state index contributed by atoms with van der Waals surface area (Å²) in [6.07, 6.45) is 1.95. The molecule has 0 spiro atoms. The molecule has 7 aromatic rings. The second-order valence-corrected chi connectivity index (χ2v) is 10.4. The molecule has 0 aliphatic carbocycles. The Kier molecular flexibility index (Phi) is 8.05. The summed E-state index contributed by atoms with van der Waals surface area (Å²) in [6, 6.07) is 45.7. The van der Waals surface area contributed by atoms with E-state index in [0.29, 0.717) is 22.6 Å². The third kappa shape index (κ3) is 5.67. The standard InChI is InChI=1S/C38H27N2O2.Pt/c1-25(26-10-4-2-5-11-26)31-18-20-34(39-24-31)30-15-8-14-29(22-30)32-16-9-17-36-37(32)40-38(42-36)33-23-28(19-21-35(33)41)27-12-6-3-7-13-27;/h2-21,23-25,41H,1H3;/q-1;. The van der Waals surface area contributed by atoms with Crippen LogP contribution in [0.3, 0.4) is 0 Å². The van der Waals surface area contributed by atoms with Crippen molar-refractivity contribution in [2.75, 3.05) is 0 Å². The van der Waals surface area contributed by atoms with Crippen molar-refractivity contribution >= 4 is 11.1 Å². The Hall–Kier alpha value is -4.79. The van der Waals surface area contributed by atoms with Crippen molar-refractivity contribution in [3.05, 3.63) is 151 Å². The molecule has 5 heteroatoms. The maximum atomic E-state index is 10.7. The number of hydrogen-bond donors (Lipinski definition) is 1. The van der Waals surface area contributed by atoms with E-state index in [0.717, 1.165) is 33.5 Å². The number of pyridine rings is 1. The second kappa shape index (κ2) is 12.2. The molecule has 212 valence electrons. The fourth-order valence-electron chi connectivity index (χ4n) is 5.33. The Labute approximate surface area is 265 Å². The molecule has 0 saturated heterocycles. The monoisotopic (exact) mass is 738 g/mol. The molecule has 5 aromatic carbocycles. The Balaban J connectivity index is 0.00000329. The number of phenolic OH excluding ortho intramolecular Hbond substituents is 1. The Morgan fingerprint density at radius 3 is 2.19 bits per heavy atom. The van der Waals surface area contributed by atoms with Gasteiger partial charge in [-0.1, -0.05) is 109 Å². The maximum Gasteiger partial charge on any atom is 0.230 e. The summed E-state index contributed by atoms with van der Waals surface area (Å²) in [5.41, 5.74) is 9.92. The van der Waals surface area contributed by atoms with Gasteiger partial charge in [0.25, 0.3) is 0 Å². The van der Waals surface area contributed by atoms with Crippen LogP contribution >= 0.6 is 0 Å². The van der Waals surface area contributed by atoms with Crippen molar-refractivity contribution in [1.29, 1.82) is 0 Å². The average molecular weight is 739 g/mol. The fraction of sp³-hybridized carbons (Fsp3) is 0.0526. The Bertz CT molecular complexity index is 2000. The first kappa shape index (κ1) is 28.3. The van der Waals surface area contributed by atoms with Gasteiger partial charge < -0.3 is 9.52 Å². The third-order valence-corrected chi connectivity index (χ3v) is 7.70. The zero-order valence-corrected chi connectivity index (χ0v) is 25.6. The van der Waals surface area contributed by atoms with E-state index >= 15 is 0 Å². The van der Waals surface area contributed by atoms with Gasteiger partial charge in [-0.25, -0.2) is 4.98 Å². The first-order valence-corrected chi connectivity index (χ1v) is 14.0. The van der Waals surface area contributed by atoms with Gasteiger partial charge in [-0.05, 0) is 40.5 Å². The topological polar surface area (TPSA) is 59.2 Å². The van der Waals surface area contributed by atoms with E-state index in [2.05, 4.69) is 49.4 Å². The van der Waals surface area contributed by atoms with Crippen LogP contribution in [0, 0.1) is 6.07 Å². The minimum atomic E-state index is 0. The van der Waals surface area contributed by atoms with Gasteiger partial charge in [-0.2, -0.15) is 0 Å².